The number of nitrogens with one attached hydrogen (secondary N) is 1. The normalized spacial score (nSPS) is 35.6. The minimum atomic E-state index is -0.939. The van der Waals surface area contributed by atoms with Crippen molar-refractivity contribution in [3.05, 3.63) is 0 Å². The largest absolute Gasteiger partial charge is 0.317 e. The first-order valence-corrected chi connectivity index (χ1v) is 6.28. The number of hydrogen-bond donors (Lipinski definition) is 1. The molecule has 2 rings (SSSR count). The molecule has 1 atom stereocenters. The van der Waals surface area contributed by atoms with Gasteiger partial charge in [-0.05, 0) is 58.2 Å². The van der Waals surface area contributed by atoms with E-state index in [2.05, 4.69) is 10.2 Å². The maximum absolute atomic E-state index is 13.8. The predicted octanol–water partition coefficient (Wildman–Crippen LogP) is 1.81. The van der Waals surface area contributed by atoms with Crippen LogP contribution in [0.5, 0.6) is 0 Å². The third kappa shape index (κ3) is 3.42. The SMILES string of the molecule is CC1(F)CCCN(CC2CCNCC2)C1. The highest BCUT2D eigenvalue weighted by molar-refractivity contribution is 4.85. The van der Waals surface area contributed by atoms with Gasteiger partial charge in [-0.2, -0.15) is 0 Å². The third-order valence-electron chi connectivity index (χ3n) is 3.70. The van der Waals surface area contributed by atoms with Crippen molar-refractivity contribution in [2.24, 2.45) is 5.92 Å². The Morgan fingerprint density at radius 1 is 1.40 bits per heavy atom. The average molecular weight is 214 g/mol. The van der Waals surface area contributed by atoms with Crippen LogP contribution in [0.2, 0.25) is 0 Å². The molecular weight excluding hydrogens is 191 g/mol. The molecule has 1 N–H and O–H groups in total. The van der Waals surface area contributed by atoms with Crippen LogP contribution in [0.3, 0.4) is 0 Å². The molecule has 0 bridgehead atoms. The number of rotatable bonds is 2. The molecule has 0 spiro atoms. The van der Waals surface area contributed by atoms with Crippen molar-refractivity contribution in [1.82, 2.24) is 10.2 Å². The lowest BCUT2D eigenvalue weighted by molar-refractivity contribution is 0.0485. The van der Waals surface area contributed by atoms with Crippen LogP contribution in [0.25, 0.3) is 0 Å². The van der Waals surface area contributed by atoms with Crippen molar-refractivity contribution in [3.63, 3.8) is 0 Å². The zero-order chi connectivity index (χ0) is 10.7. The molecule has 2 fully saturated rings. The summed E-state index contributed by atoms with van der Waals surface area (Å²) in [5, 5.41) is 3.38. The number of hydrogen-bond acceptors (Lipinski definition) is 2. The maximum Gasteiger partial charge on any atom is 0.120 e. The molecule has 15 heavy (non-hydrogen) atoms. The molecule has 2 saturated heterocycles. The molecule has 3 heteroatoms. The van der Waals surface area contributed by atoms with Crippen LogP contribution >= 0.6 is 0 Å². The monoisotopic (exact) mass is 214 g/mol. The van der Waals surface area contributed by atoms with E-state index in [1.165, 1.54) is 12.8 Å². The van der Waals surface area contributed by atoms with Gasteiger partial charge in [0.1, 0.15) is 5.67 Å². The van der Waals surface area contributed by atoms with Crippen molar-refractivity contribution in [3.8, 4) is 0 Å². The number of nitrogens with zero attached hydrogens (tertiary/aromatic N) is 1. The van der Waals surface area contributed by atoms with Crippen molar-refractivity contribution in [2.45, 2.75) is 38.3 Å². The van der Waals surface area contributed by atoms with Crippen LogP contribution in [0.1, 0.15) is 32.6 Å². The second-order valence-electron chi connectivity index (χ2n) is 5.45. The summed E-state index contributed by atoms with van der Waals surface area (Å²) in [7, 11) is 0. The fourth-order valence-electron chi connectivity index (χ4n) is 2.88. The Hall–Kier alpha value is -0.150. The fourth-order valence-corrected chi connectivity index (χ4v) is 2.88. The van der Waals surface area contributed by atoms with E-state index in [1.54, 1.807) is 6.92 Å². The lowest BCUT2D eigenvalue weighted by Crippen LogP contribution is -2.46. The minimum Gasteiger partial charge on any atom is -0.317 e. The lowest BCUT2D eigenvalue weighted by Gasteiger charge is -2.37. The highest BCUT2D eigenvalue weighted by Gasteiger charge is 2.31. The van der Waals surface area contributed by atoms with Gasteiger partial charge in [0, 0.05) is 13.1 Å². The molecular formula is C12H23FN2. The Morgan fingerprint density at radius 2 is 2.13 bits per heavy atom. The first kappa shape index (κ1) is 11.3. The van der Waals surface area contributed by atoms with E-state index in [-0.39, 0.29) is 0 Å². The maximum atomic E-state index is 13.8. The van der Waals surface area contributed by atoms with E-state index in [4.69, 9.17) is 0 Å². The van der Waals surface area contributed by atoms with Crippen LogP contribution in [0.15, 0.2) is 0 Å². The van der Waals surface area contributed by atoms with Crippen LogP contribution in [0, 0.1) is 5.92 Å². The van der Waals surface area contributed by atoms with E-state index < -0.39 is 5.67 Å². The first-order valence-electron chi connectivity index (χ1n) is 6.28. The smallest absolute Gasteiger partial charge is 0.120 e. The zero-order valence-electron chi connectivity index (χ0n) is 9.77. The average Bonchev–Trinajstić information content (AvgIpc) is 2.17. The van der Waals surface area contributed by atoms with Crippen molar-refractivity contribution >= 4 is 0 Å². The van der Waals surface area contributed by atoms with Gasteiger partial charge < -0.3 is 5.32 Å². The highest BCUT2D eigenvalue weighted by Crippen LogP contribution is 2.26. The molecule has 1 unspecified atom stereocenters. The minimum absolute atomic E-state index is 0.650. The van der Waals surface area contributed by atoms with Crippen molar-refractivity contribution in [1.29, 1.82) is 0 Å². The quantitative estimate of drug-likeness (QED) is 0.754. The molecule has 0 aromatic heterocycles. The van der Waals surface area contributed by atoms with Gasteiger partial charge in [-0.15, -0.1) is 0 Å². The summed E-state index contributed by atoms with van der Waals surface area (Å²) in [6.07, 6.45) is 4.30. The molecule has 0 aromatic carbocycles. The van der Waals surface area contributed by atoms with Gasteiger partial charge in [0.15, 0.2) is 0 Å². The molecule has 0 saturated carbocycles. The summed E-state index contributed by atoms with van der Waals surface area (Å²) in [5.74, 6) is 0.792. The Balaban J connectivity index is 1.78. The summed E-state index contributed by atoms with van der Waals surface area (Å²) in [6, 6.07) is 0. The second kappa shape index (κ2) is 4.79. The Bertz CT molecular complexity index is 200. The van der Waals surface area contributed by atoms with Crippen molar-refractivity contribution < 1.29 is 4.39 Å². The van der Waals surface area contributed by atoms with Gasteiger partial charge in [0.05, 0.1) is 0 Å². The molecule has 0 aliphatic carbocycles. The van der Waals surface area contributed by atoms with E-state index in [0.717, 1.165) is 44.9 Å². The predicted molar refractivity (Wildman–Crippen MR) is 60.8 cm³/mol. The fraction of sp³-hybridized carbons (Fsp3) is 1.00. The molecule has 0 amide bonds. The molecule has 2 aliphatic rings. The van der Waals surface area contributed by atoms with Crippen molar-refractivity contribution in [2.75, 3.05) is 32.7 Å². The van der Waals surface area contributed by atoms with E-state index in [1.807, 2.05) is 0 Å². The molecule has 2 heterocycles. The van der Waals surface area contributed by atoms with Gasteiger partial charge in [-0.1, -0.05) is 0 Å². The van der Waals surface area contributed by atoms with Crippen LogP contribution < -0.4 is 5.32 Å². The standard InChI is InChI=1S/C12H23FN2/c1-12(13)5-2-8-15(10-12)9-11-3-6-14-7-4-11/h11,14H,2-10H2,1H3. The highest BCUT2D eigenvalue weighted by atomic mass is 19.1. The van der Waals surface area contributed by atoms with Gasteiger partial charge in [0.2, 0.25) is 0 Å². The first-order chi connectivity index (χ1) is 7.16. The van der Waals surface area contributed by atoms with Gasteiger partial charge in [-0.25, -0.2) is 4.39 Å². The number of likely N-dealkylation sites (tertiary alicyclic amines) is 1. The summed E-state index contributed by atoms with van der Waals surface area (Å²) in [5.41, 5.74) is -0.939. The van der Waals surface area contributed by atoms with E-state index in [0.29, 0.717) is 6.54 Å². The van der Waals surface area contributed by atoms with Gasteiger partial charge in [0.25, 0.3) is 0 Å². The summed E-state index contributed by atoms with van der Waals surface area (Å²) < 4.78 is 13.8. The Labute approximate surface area is 92.2 Å². The Kier molecular flexibility index (Phi) is 3.62. The lowest BCUT2D eigenvalue weighted by atomic mass is 9.93. The Morgan fingerprint density at radius 3 is 2.80 bits per heavy atom. The zero-order valence-corrected chi connectivity index (χ0v) is 9.77. The summed E-state index contributed by atoms with van der Waals surface area (Å²) >= 11 is 0. The summed E-state index contributed by atoms with van der Waals surface area (Å²) in [6.45, 7) is 6.90. The molecule has 0 radical (unpaired) electrons. The summed E-state index contributed by atoms with van der Waals surface area (Å²) in [4.78, 5) is 2.33. The van der Waals surface area contributed by atoms with Crippen LogP contribution in [0.4, 0.5) is 4.39 Å². The third-order valence-corrected chi connectivity index (χ3v) is 3.70. The molecule has 88 valence electrons. The van der Waals surface area contributed by atoms with Crippen LogP contribution in [-0.4, -0.2) is 43.3 Å². The van der Waals surface area contributed by atoms with Gasteiger partial charge >= 0.3 is 0 Å². The van der Waals surface area contributed by atoms with E-state index >= 15 is 0 Å². The molecule has 2 aliphatic heterocycles. The van der Waals surface area contributed by atoms with Crippen LogP contribution in [-0.2, 0) is 0 Å². The number of alkyl halides is 1. The topological polar surface area (TPSA) is 15.3 Å². The molecule has 2 nitrogen and oxygen atoms in total. The van der Waals surface area contributed by atoms with Gasteiger partial charge in [-0.3, -0.25) is 4.90 Å². The molecule has 0 aromatic rings. The second-order valence-corrected chi connectivity index (χ2v) is 5.45. The number of piperidine rings is 2. The van der Waals surface area contributed by atoms with E-state index in [9.17, 15) is 4.39 Å². The number of halogens is 1.